The van der Waals surface area contributed by atoms with E-state index >= 15 is 0 Å². The first-order valence-electron chi connectivity index (χ1n) is 8.43. The molecule has 2 rings (SSSR count). The summed E-state index contributed by atoms with van der Waals surface area (Å²) in [5, 5.41) is 0. The Bertz CT molecular complexity index is 347. The second-order valence-corrected chi connectivity index (χ2v) is 7.57. The van der Waals surface area contributed by atoms with Gasteiger partial charge < -0.3 is 0 Å². The molecule has 0 amide bonds. The standard InChI is InChI=1S/C19H33N/c1-12-8-10-18(16(5)14(12)3)20(7)19-11-9-13(2)15(4)17(19)6/h8-19H,1-7H3/t12-,13-,14-,15-,16+,17+,18+,19+/m1/s1. The SMILES string of the molecule is C[C@H]1[C@H](C)[C@@H](N(C)[C@H]2C=C[C@@H](C)[C@@H](C)[C@@H]2C)C=C[C@H]1C. The third kappa shape index (κ3) is 2.74. The van der Waals surface area contributed by atoms with Gasteiger partial charge in [-0.25, -0.2) is 0 Å². The predicted octanol–water partition coefficient (Wildman–Crippen LogP) is 4.61. The molecule has 114 valence electrons. The molecule has 8 atom stereocenters. The Morgan fingerprint density at radius 2 is 0.900 bits per heavy atom. The zero-order valence-electron chi connectivity index (χ0n) is 14.4. The van der Waals surface area contributed by atoms with E-state index in [0.717, 1.165) is 23.7 Å². The zero-order chi connectivity index (χ0) is 15.0. The number of hydrogen-bond acceptors (Lipinski definition) is 1. The van der Waals surface area contributed by atoms with Crippen LogP contribution in [0.5, 0.6) is 0 Å². The molecule has 0 aromatic heterocycles. The molecule has 20 heavy (non-hydrogen) atoms. The van der Waals surface area contributed by atoms with E-state index in [2.05, 4.69) is 77.8 Å². The molecule has 0 radical (unpaired) electrons. The van der Waals surface area contributed by atoms with Gasteiger partial charge in [-0.2, -0.15) is 0 Å². The smallest absolute Gasteiger partial charge is 0.0309 e. The van der Waals surface area contributed by atoms with Gasteiger partial charge in [0.05, 0.1) is 0 Å². The molecule has 0 aliphatic heterocycles. The Kier molecular flexibility index (Phi) is 4.79. The van der Waals surface area contributed by atoms with Crippen LogP contribution >= 0.6 is 0 Å². The van der Waals surface area contributed by atoms with Crippen LogP contribution in [0.1, 0.15) is 41.5 Å². The first-order valence-corrected chi connectivity index (χ1v) is 8.43. The highest BCUT2D eigenvalue weighted by atomic mass is 15.2. The van der Waals surface area contributed by atoms with Gasteiger partial charge in [0.25, 0.3) is 0 Å². The summed E-state index contributed by atoms with van der Waals surface area (Å²) in [5.41, 5.74) is 0. The summed E-state index contributed by atoms with van der Waals surface area (Å²) in [4.78, 5) is 2.62. The summed E-state index contributed by atoms with van der Waals surface area (Å²) >= 11 is 0. The quantitative estimate of drug-likeness (QED) is 0.665. The number of rotatable bonds is 2. The Morgan fingerprint density at radius 3 is 1.25 bits per heavy atom. The van der Waals surface area contributed by atoms with Crippen molar-refractivity contribution >= 4 is 0 Å². The highest BCUT2D eigenvalue weighted by Crippen LogP contribution is 2.37. The van der Waals surface area contributed by atoms with Crippen LogP contribution in [0.4, 0.5) is 0 Å². The van der Waals surface area contributed by atoms with Gasteiger partial charge in [-0.3, -0.25) is 4.90 Å². The lowest BCUT2D eigenvalue weighted by Crippen LogP contribution is -2.50. The molecule has 0 aromatic rings. The topological polar surface area (TPSA) is 3.24 Å². The molecule has 0 bridgehead atoms. The van der Waals surface area contributed by atoms with E-state index in [9.17, 15) is 0 Å². The van der Waals surface area contributed by atoms with E-state index in [1.165, 1.54) is 0 Å². The van der Waals surface area contributed by atoms with Crippen molar-refractivity contribution in [3.8, 4) is 0 Å². The Balaban J connectivity index is 2.17. The van der Waals surface area contributed by atoms with Crippen molar-refractivity contribution in [3.63, 3.8) is 0 Å². The molecule has 0 fully saturated rings. The summed E-state index contributed by atoms with van der Waals surface area (Å²) in [7, 11) is 2.32. The molecule has 0 spiro atoms. The molecule has 2 aliphatic rings. The predicted molar refractivity (Wildman–Crippen MR) is 88.6 cm³/mol. The van der Waals surface area contributed by atoms with Crippen LogP contribution < -0.4 is 0 Å². The second-order valence-electron chi connectivity index (χ2n) is 7.57. The summed E-state index contributed by atoms with van der Waals surface area (Å²) in [6.07, 6.45) is 9.77. The normalized spacial score (nSPS) is 48.8. The van der Waals surface area contributed by atoms with Crippen molar-refractivity contribution in [2.45, 2.75) is 53.6 Å². The summed E-state index contributed by atoms with van der Waals surface area (Å²) in [5.74, 6) is 4.43. The van der Waals surface area contributed by atoms with Gasteiger partial charge in [0.15, 0.2) is 0 Å². The maximum absolute atomic E-state index is 2.62. The maximum Gasteiger partial charge on any atom is 0.0309 e. The van der Waals surface area contributed by atoms with Gasteiger partial charge in [0.2, 0.25) is 0 Å². The van der Waals surface area contributed by atoms with Gasteiger partial charge >= 0.3 is 0 Å². The lowest BCUT2D eigenvalue weighted by atomic mass is 9.72. The average molecular weight is 275 g/mol. The number of likely N-dealkylation sites (N-methyl/N-ethyl adjacent to an activating group) is 1. The van der Waals surface area contributed by atoms with Crippen molar-refractivity contribution in [2.24, 2.45) is 35.5 Å². The van der Waals surface area contributed by atoms with Gasteiger partial charge in [-0.15, -0.1) is 0 Å². The minimum atomic E-state index is 0.582. The van der Waals surface area contributed by atoms with Gasteiger partial charge in [0.1, 0.15) is 0 Å². The zero-order valence-corrected chi connectivity index (χ0v) is 14.4. The van der Waals surface area contributed by atoms with Gasteiger partial charge in [-0.05, 0) is 42.6 Å². The largest absolute Gasteiger partial charge is 0.293 e. The minimum absolute atomic E-state index is 0.582. The molecule has 1 heteroatoms. The van der Waals surface area contributed by atoms with Crippen molar-refractivity contribution in [3.05, 3.63) is 24.3 Å². The van der Waals surface area contributed by atoms with Gasteiger partial charge in [0, 0.05) is 12.1 Å². The average Bonchev–Trinajstić information content (AvgIpc) is 2.42. The maximum atomic E-state index is 2.62. The Morgan fingerprint density at radius 1 is 0.550 bits per heavy atom. The molecule has 0 N–H and O–H groups in total. The number of hydrogen-bond donors (Lipinski definition) is 0. The van der Waals surface area contributed by atoms with Crippen molar-refractivity contribution < 1.29 is 0 Å². The molecular formula is C19H33N. The van der Waals surface area contributed by atoms with E-state index in [1.54, 1.807) is 0 Å². The third-order valence-electron chi connectivity index (χ3n) is 6.56. The van der Waals surface area contributed by atoms with Crippen LogP contribution in [0.15, 0.2) is 24.3 Å². The molecule has 0 heterocycles. The number of allylic oxidation sites excluding steroid dienone is 2. The van der Waals surface area contributed by atoms with Crippen LogP contribution in [0.2, 0.25) is 0 Å². The van der Waals surface area contributed by atoms with E-state index in [-0.39, 0.29) is 0 Å². The number of nitrogens with zero attached hydrogens (tertiary/aromatic N) is 1. The fourth-order valence-corrected chi connectivity index (χ4v) is 4.07. The molecule has 0 saturated carbocycles. The highest BCUT2D eigenvalue weighted by molar-refractivity contribution is 5.12. The Hall–Kier alpha value is -0.560. The minimum Gasteiger partial charge on any atom is -0.293 e. The van der Waals surface area contributed by atoms with E-state index in [1.807, 2.05) is 0 Å². The van der Waals surface area contributed by atoms with Crippen LogP contribution in [0.3, 0.4) is 0 Å². The Labute approximate surface area is 126 Å². The first kappa shape index (κ1) is 15.8. The molecule has 2 aliphatic carbocycles. The van der Waals surface area contributed by atoms with E-state index < -0.39 is 0 Å². The summed E-state index contributed by atoms with van der Waals surface area (Å²) < 4.78 is 0. The van der Waals surface area contributed by atoms with Gasteiger partial charge in [-0.1, -0.05) is 65.8 Å². The molecule has 0 unspecified atom stereocenters. The summed E-state index contributed by atoms with van der Waals surface area (Å²) in [6, 6.07) is 1.16. The third-order valence-corrected chi connectivity index (χ3v) is 6.56. The van der Waals surface area contributed by atoms with Crippen LogP contribution in [0, 0.1) is 35.5 Å². The van der Waals surface area contributed by atoms with Crippen molar-refractivity contribution in [1.29, 1.82) is 0 Å². The van der Waals surface area contributed by atoms with E-state index in [4.69, 9.17) is 0 Å². The monoisotopic (exact) mass is 275 g/mol. The molecule has 0 saturated heterocycles. The van der Waals surface area contributed by atoms with Crippen LogP contribution in [-0.4, -0.2) is 24.0 Å². The van der Waals surface area contributed by atoms with Crippen LogP contribution in [0.25, 0.3) is 0 Å². The van der Waals surface area contributed by atoms with Crippen molar-refractivity contribution in [2.75, 3.05) is 7.05 Å². The fourth-order valence-electron chi connectivity index (χ4n) is 4.07. The molecule has 1 nitrogen and oxygen atoms in total. The molecular weight excluding hydrogens is 242 g/mol. The van der Waals surface area contributed by atoms with Crippen LogP contribution in [-0.2, 0) is 0 Å². The summed E-state index contributed by atoms with van der Waals surface area (Å²) in [6.45, 7) is 14.4. The fraction of sp³-hybridized carbons (Fsp3) is 0.789. The molecule has 0 aromatic carbocycles. The lowest BCUT2D eigenvalue weighted by Gasteiger charge is -2.46. The van der Waals surface area contributed by atoms with E-state index in [0.29, 0.717) is 23.9 Å². The lowest BCUT2D eigenvalue weighted by molar-refractivity contribution is 0.0834. The second kappa shape index (κ2) is 6.05. The van der Waals surface area contributed by atoms with Crippen molar-refractivity contribution in [1.82, 2.24) is 4.90 Å². The highest BCUT2D eigenvalue weighted by Gasteiger charge is 2.36. The first-order chi connectivity index (χ1) is 9.34.